The number of carbonyl (C=O) groups excluding carboxylic acids is 1. The van der Waals surface area contributed by atoms with Crippen LogP contribution in [0.4, 0.5) is 0 Å². The van der Waals surface area contributed by atoms with E-state index in [1.54, 1.807) is 12.2 Å². The van der Waals surface area contributed by atoms with Crippen LogP contribution in [0, 0.1) is 5.92 Å². The fourth-order valence-electron chi connectivity index (χ4n) is 7.32. The summed E-state index contributed by atoms with van der Waals surface area (Å²) in [6.45, 7) is 1.33. The number of nitrogens with zero attached hydrogens (tertiary/aromatic N) is 2. The lowest BCUT2D eigenvalue weighted by Crippen LogP contribution is -2.63. The minimum absolute atomic E-state index is 0.00123. The summed E-state index contributed by atoms with van der Waals surface area (Å²) >= 11 is 0. The molecule has 7 rings (SSSR count). The van der Waals surface area contributed by atoms with Gasteiger partial charge in [-0.15, -0.1) is 0 Å². The molecule has 2 bridgehead atoms. The average molecular weight is 505 g/mol. The number of hydrogen-bond donors (Lipinski definition) is 2. The Kier molecular flexibility index (Phi) is 5.45. The highest BCUT2D eigenvalue weighted by Crippen LogP contribution is 2.53. The van der Waals surface area contributed by atoms with Crippen molar-refractivity contribution in [1.29, 1.82) is 0 Å². The summed E-state index contributed by atoms with van der Waals surface area (Å²) in [5.74, 6) is -0.0649. The van der Waals surface area contributed by atoms with Crippen molar-refractivity contribution in [2.75, 3.05) is 13.1 Å². The molecule has 2 unspecified atom stereocenters. The number of piperazine rings is 1. The van der Waals surface area contributed by atoms with Crippen molar-refractivity contribution in [1.82, 2.24) is 9.80 Å². The van der Waals surface area contributed by atoms with Crippen molar-refractivity contribution < 1.29 is 15.0 Å². The molecule has 38 heavy (non-hydrogen) atoms. The number of aryl methyl sites for hydroxylation is 1. The maximum absolute atomic E-state index is 13.9. The molecule has 4 atom stereocenters. The zero-order valence-electron chi connectivity index (χ0n) is 21.3. The van der Waals surface area contributed by atoms with Crippen molar-refractivity contribution in [2.24, 2.45) is 5.92 Å². The van der Waals surface area contributed by atoms with E-state index in [-0.39, 0.29) is 35.4 Å². The Hall–Kier alpha value is -3.83. The van der Waals surface area contributed by atoms with Gasteiger partial charge >= 0.3 is 0 Å². The highest BCUT2D eigenvalue weighted by molar-refractivity contribution is 5.85. The molecule has 3 heterocycles. The molecule has 5 heteroatoms. The van der Waals surface area contributed by atoms with Crippen LogP contribution in [0.1, 0.15) is 24.0 Å². The Morgan fingerprint density at radius 1 is 0.868 bits per heavy atom. The van der Waals surface area contributed by atoms with Crippen LogP contribution in [0.15, 0.2) is 108 Å². The van der Waals surface area contributed by atoms with Gasteiger partial charge in [0.25, 0.3) is 0 Å². The molecule has 1 aliphatic carbocycles. The van der Waals surface area contributed by atoms with Crippen molar-refractivity contribution in [3.8, 4) is 0 Å². The van der Waals surface area contributed by atoms with E-state index in [9.17, 15) is 15.0 Å². The third-order valence-electron chi connectivity index (χ3n) is 9.03. The van der Waals surface area contributed by atoms with Crippen LogP contribution in [-0.2, 0) is 17.6 Å². The minimum Gasteiger partial charge on any atom is -0.504 e. The second-order valence-corrected chi connectivity index (χ2v) is 11.2. The zero-order valence-corrected chi connectivity index (χ0v) is 21.3. The quantitative estimate of drug-likeness (QED) is 0.466. The van der Waals surface area contributed by atoms with Gasteiger partial charge in [0.1, 0.15) is 0 Å². The molecule has 3 aliphatic heterocycles. The van der Waals surface area contributed by atoms with Crippen LogP contribution in [0.2, 0.25) is 0 Å². The molecule has 4 aliphatic rings. The Morgan fingerprint density at radius 2 is 1.66 bits per heavy atom. The van der Waals surface area contributed by atoms with Crippen LogP contribution in [0.3, 0.4) is 0 Å². The van der Waals surface area contributed by atoms with Crippen molar-refractivity contribution in [2.45, 2.75) is 43.3 Å². The van der Waals surface area contributed by atoms with Crippen molar-refractivity contribution >= 4 is 16.7 Å². The lowest BCUT2D eigenvalue weighted by molar-refractivity contribution is -0.143. The Labute approximate surface area is 223 Å². The number of benzene rings is 3. The summed E-state index contributed by atoms with van der Waals surface area (Å²) in [5, 5.41) is 23.7. The van der Waals surface area contributed by atoms with E-state index in [4.69, 9.17) is 0 Å². The molecule has 0 saturated carbocycles. The van der Waals surface area contributed by atoms with E-state index < -0.39 is 5.54 Å². The summed E-state index contributed by atoms with van der Waals surface area (Å²) in [6, 6.07) is 25.2. The van der Waals surface area contributed by atoms with Gasteiger partial charge in [-0.05, 0) is 65.3 Å². The SMILES string of the molecule is O=C1[C@@H]2CC3/C=C(O)\C(O)=C/C4=CC3(Cc3ccc5ccccc5c3)N2[C@H]4CN1CCCc1ccccc1. The smallest absolute Gasteiger partial charge is 0.240 e. The van der Waals surface area contributed by atoms with Gasteiger partial charge in [-0.3, -0.25) is 9.69 Å². The fraction of sp³-hybridized carbons (Fsp3) is 0.303. The van der Waals surface area contributed by atoms with E-state index in [2.05, 4.69) is 77.7 Å². The number of aliphatic hydroxyl groups excluding tert-OH is 2. The van der Waals surface area contributed by atoms with Gasteiger partial charge in [-0.1, -0.05) is 78.9 Å². The molecule has 0 aromatic heterocycles. The lowest BCUT2D eigenvalue weighted by Gasteiger charge is -2.46. The third-order valence-corrected chi connectivity index (χ3v) is 9.03. The van der Waals surface area contributed by atoms with Gasteiger partial charge in [0, 0.05) is 19.0 Å². The van der Waals surface area contributed by atoms with E-state index >= 15 is 0 Å². The topological polar surface area (TPSA) is 64.0 Å². The normalized spacial score (nSPS) is 30.8. The number of amides is 1. The summed E-state index contributed by atoms with van der Waals surface area (Å²) < 4.78 is 0. The maximum atomic E-state index is 13.9. The molecule has 2 N–H and O–H groups in total. The third kappa shape index (κ3) is 3.68. The molecule has 2 saturated heterocycles. The van der Waals surface area contributed by atoms with Gasteiger partial charge < -0.3 is 15.1 Å². The average Bonchev–Trinajstić information content (AvgIpc) is 3.39. The first-order valence-electron chi connectivity index (χ1n) is 13.7. The molecular weight excluding hydrogens is 472 g/mol. The number of carbonyl (C=O) groups is 1. The lowest BCUT2D eigenvalue weighted by atomic mass is 9.78. The molecule has 2 fully saturated rings. The van der Waals surface area contributed by atoms with Gasteiger partial charge in [0.15, 0.2) is 11.5 Å². The van der Waals surface area contributed by atoms with Crippen molar-refractivity contribution in [3.63, 3.8) is 0 Å². The first-order chi connectivity index (χ1) is 18.5. The van der Waals surface area contributed by atoms with E-state index in [0.717, 1.165) is 31.4 Å². The Bertz CT molecular complexity index is 1510. The van der Waals surface area contributed by atoms with Gasteiger partial charge in [0.2, 0.25) is 5.91 Å². The highest BCUT2D eigenvalue weighted by atomic mass is 16.3. The van der Waals surface area contributed by atoms with Crippen LogP contribution in [0.25, 0.3) is 10.8 Å². The van der Waals surface area contributed by atoms with E-state index in [1.807, 2.05) is 11.0 Å². The monoisotopic (exact) mass is 504 g/mol. The first-order valence-corrected chi connectivity index (χ1v) is 13.7. The summed E-state index contributed by atoms with van der Waals surface area (Å²) in [7, 11) is 0. The largest absolute Gasteiger partial charge is 0.504 e. The van der Waals surface area contributed by atoms with Gasteiger partial charge in [0.05, 0.1) is 17.6 Å². The van der Waals surface area contributed by atoms with Gasteiger partial charge in [-0.2, -0.15) is 0 Å². The summed E-state index contributed by atoms with van der Waals surface area (Å²) in [6.07, 6.45) is 9.03. The number of aliphatic hydroxyl groups is 2. The first kappa shape index (κ1) is 23.3. The highest BCUT2D eigenvalue weighted by Gasteiger charge is 2.62. The van der Waals surface area contributed by atoms with Gasteiger partial charge in [-0.25, -0.2) is 0 Å². The second-order valence-electron chi connectivity index (χ2n) is 11.2. The zero-order chi connectivity index (χ0) is 25.9. The fourth-order valence-corrected chi connectivity index (χ4v) is 7.32. The standard InChI is InChI=1S/C33H32N2O3/c36-30-16-26-20-33(19-23-12-13-24-10-4-5-11-25(24)15-23)27(18-31(30)37)17-28-32(38)34(21-29(26)35(28)33)14-6-9-22-7-2-1-3-8-22/h1-5,7-8,10-13,15-16,18,20,27-29,36-37H,6,9,14,17,19,21H2/b30-16+,31-18+/t27?,28-,29-,33?/m0/s1. The number of fused-ring (bicyclic) bond motifs is 2. The predicted molar refractivity (Wildman–Crippen MR) is 149 cm³/mol. The second kappa shape index (κ2) is 8.88. The maximum Gasteiger partial charge on any atom is 0.240 e. The van der Waals surface area contributed by atoms with Crippen molar-refractivity contribution in [3.05, 3.63) is 119 Å². The Balaban J connectivity index is 1.22. The number of hydrogen-bond acceptors (Lipinski definition) is 4. The summed E-state index contributed by atoms with van der Waals surface area (Å²) in [4.78, 5) is 18.3. The Morgan fingerprint density at radius 3 is 2.50 bits per heavy atom. The molecular formula is C33H32N2O3. The van der Waals surface area contributed by atoms with Crippen LogP contribution >= 0.6 is 0 Å². The number of rotatable bonds is 6. The molecule has 192 valence electrons. The molecule has 0 radical (unpaired) electrons. The van der Waals surface area contributed by atoms with Crippen LogP contribution in [0.5, 0.6) is 0 Å². The molecule has 1 amide bonds. The summed E-state index contributed by atoms with van der Waals surface area (Å²) in [5.41, 5.74) is 3.09. The van der Waals surface area contributed by atoms with E-state index in [0.29, 0.717) is 13.0 Å². The molecule has 3 aromatic rings. The van der Waals surface area contributed by atoms with Crippen LogP contribution < -0.4 is 0 Å². The van der Waals surface area contributed by atoms with Crippen LogP contribution in [-0.4, -0.2) is 56.6 Å². The molecule has 3 aromatic carbocycles. The predicted octanol–water partition coefficient (Wildman–Crippen LogP) is 5.49. The minimum atomic E-state index is -0.413. The molecule has 5 nitrogen and oxygen atoms in total. The van der Waals surface area contributed by atoms with E-state index in [1.165, 1.54) is 21.9 Å². The molecule has 0 spiro atoms.